The van der Waals surface area contributed by atoms with E-state index in [9.17, 15) is 0 Å². The minimum atomic E-state index is 0.250. The third-order valence-corrected chi connectivity index (χ3v) is 3.78. The van der Waals surface area contributed by atoms with E-state index in [2.05, 4.69) is 11.0 Å². The van der Waals surface area contributed by atoms with Crippen LogP contribution < -0.4 is 4.90 Å². The van der Waals surface area contributed by atoms with Gasteiger partial charge in [0.15, 0.2) is 0 Å². The maximum atomic E-state index is 9.02. The maximum absolute atomic E-state index is 9.02. The molecule has 1 saturated heterocycles. The molecule has 0 aromatic heterocycles. The predicted octanol–water partition coefficient (Wildman–Crippen LogP) is 2.81. The van der Waals surface area contributed by atoms with Crippen LogP contribution in [0, 0.1) is 17.2 Å². The predicted molar refractivity (Wildman–Crippen MR) is 72.8 cm³/mol. The minimum Gasteiger partial charge on any atom is -0.396 e. The van der Waals surface area contributed by atoms with Crippen LogP contribution in [-0.2, 0) is 0 Å². The molecule has 1 N–H and O–H groups in total. The Morgan fingerprint density at radius 3 is 3.00 bits per heavy atom. The van der Waals surface area contributed by atoms with Crippen LogP contribution in [0.1, 0.15) is 24.8 Å². The SMILES string of the molecule is N#Cc1ccc(N2CCCC(CCO)C2)c(Cl)c1. The highest BCUT2D eigenvalue weighted by molar-refractivity contribution is 6.33. The number of rotatable bonds is 3. The molecule has 0 amide bonds. The van der Waals surface area contributed by atoms with Crippen molar-refractivity contribution in [2.75, 3.05) is 24.6 Å². The van der Waals surface area contributed by atoms with Crippen LogP contribution in [-0.4, -0.2) is 24.8 Å². The maximum Gasteiger partial charge on any atom is 0.0992 e. The highest BCUT2D eigenvalue weighted by Gasteiger charge is 2.21. The van der Waals surface area contributed by atoms with Gasteiger partial charge >= 0.3 is 0 Å². The van der Waals surface area contributed by atoms with Gasteiger partial charge in [0, 0.05) is 19.7 Å². The fraction of sp³-hybridized carbons (Fsp3) is 0.500. The van der Waals surface area contributed by atoms with Crippen molar-refractivity contribution in [2.45, 2.75) is 19.3 Å². The fourth-order valence-corrected chi connectivity index (χ4v) is 2.84. The average molecular weight is 265 g/mol. The van der Waals surface area contributed by atoms with Gasteiger partial charge in [-0.25, -0.2) is 0 Å². The molecule has 1 atom stereocenters. The first kappa shape index (κ1) is 13.2. The van der Waals surface area contributed by atoms with Gasteiger partial charge in [-0.1, -0.05) is 11.6 Å². The Morgan fingerprint density at radius 2 is 2.33 bits per heavy atom. The van der Waals surface area contributed by atoms with E-state index >= 15 is 0 Å². The molecule has 0 radical (unpaired) electrons. The molecule has 0 spiro atoms. The Morgan fingerprint density at radius 1 is 1.50 bits per heavy atom. The first-order chi connectivity index (χ1) is 8.74. The molecule has 2 rings (SSSR count). The summed E-state index contributed by atoms with van der Waals surface area (Å²) in [6, 6.07) is 7.53. The smallest absolute Gasteiger partial charge is 0.0992 e. The summed E-state index contributed by atoms with van der Waals surface area (Å²) in [6.07, 6.45) is 3.15. The number of anilines is 1. The van der Waals surface area contributed by atoms with Crippen molar-refractivity contribution in [1.82, 2.24) is 0 Å². The molecule has 1 aliphatic rings. The number of nitriles is 1. The zero-order valence-corrected chi connectivity index (χ0v) is 11.0. The van der Waals surface area contributed by atoms with E-state index in [1.165, 1.54) is 6.42 Å². The van der Waals surface area contributed by atoms with E-state index in [4.69, 9.17) is 22.0 Å². The summed E-state index contributed by atoms with van der Waals surface area (Å²) in [5, 5.41) is 18.5. The van der Waals surface area contributed by atoms with Crippen LogP contribution in [0.4, 0.5) is 5.69 Å². The zero-order valence-electron chi connectivity index (χ0n) is 10.3. The Labute approximate surface area is 113 Å². The number of hydrogen-bond donors (Lipinski definition) is 1. The average Bonchev–Trinajstić information content (AvgIpc) is 2.39. The fourth-order valence-electron chi connectivity index (χ4n) is 2.53. The molecule has 3 nitrogen and oxygen atoms in total. The molecule has 4 heteroatoms. The molecule has 1 aromatic carbocycles. The summed E-state index contributed by atoms with van der Waals surface area (Å²) in [5.74, 6) is 0.537. The Balaban J connectivity index is 2.13. The molecule has 18 heavy (non-hydrogen) atoms. The summed E-state index contributed by atoms with van der Waals surface area (Å²) in [6.45, 7) is 2.18. The lowest BCUT2D eigenvalue weighted by Crippen LogP contribution is -2.35. The number of aliphatic hydroxyl groups excluding tert-OH is 1. The molecule has 1 aromatic rings. The Hall–Kier alpha value is -1.24. The van der Waals surface area contributed by atoms with Crippen molar-refractivity contribution in [3.63, 3.8) is 0 Å². The highest BCUT2D eigenvalue weighted by atomic mass is 35.5. The quantitative estimate of drug-likeness (QED) is 0.913. The monoisotopic (exact) mass is 264 g/mol. The molecule has 1 aliphatic heterocycles. The lowest BCUT2D eigenvalue weighted by molar-refractivity contribution is 0.244. The van der Waals surface area contributed by atoms with Crippen molar-refractivity contribution in [2.24, 2.45) is 5.92 Å². The van der Waals surface area contributed by atoms with Gasteiger partial charge in [0.05, 0.1) is 22.3 Å². The van der Waals surface area contributed by atoms with Crippen LogP contribution in [0.5, 0.6) is 0 Å². The van der Waals surface area contributed by atoms with Crippen molar-refractivity contribution in [3.05, 3.63) is 28.8 Å². The van der Waals surface area contributed by atoms with E-state index < -0.39 is 0 Å². The summed E-state index contributed by atoms with van der Waals surface area (Å²) in [7, 11) is 0. The second-order valence-electron chi connectivity index (χ2n) is 4.74. The van der Waals surface area contributed by atoms with Gasteiger partial charge in [-0.3, -0.25) is 0 Å². The molecule has 0 bridgehead atoms. The third-order valence-electron chi connectivity index (χ3n) is 3.47. The Kier molecular flexibility index (Phi) is 4.46. The van der Waals surface area contributed by atoms with Crippen LogP contribution in [0.2, 0.25) is 5.02 Å². The molecule has 1 unspecified atom stereocenters. The molecular weight excluding hydrogens is 248 g/mol. The van der Waals surface area contributed by atoms with Gasteiger partial charge in [0.1, 0.15) is 0 Å². The normalized spacial score (nSPS) is 19.6. The molecule has 96 valence electrons. The minimum absolute atomic E-state index is 0.250. The first-order valence-corrected chi connectivity index (χ1v) is 6.68. The number of benzene rings is 1. The largest absolute Gasteiger partial charge is 0.396 e. The lowest BCUT2D eigenvalue weighted by Gasteiger charge is -2.34. The number of piperidine rings is 1. The second-order valence-corrected chi connectivity index (χ2v) is 5.15. The van der Waals surface area contributed by atoms with E-state index in [0.717, 1.165) is 31.6 Å². The first-order valence-electron chi connectivity index (χ1n) is 6.30. The topological polar surface area (TPSA) is 47.3 Å². The third kappa shape index (κ3) is 2.95. The van der Waals surface area contributed by atoms with Crippen LogP contribution in [0.15, 0.2) is 18.2 Å². The Bertz CT molecular complexity index is 454. The van der Waals surface area contributed by atoms with Gasteiger partial charge in [-0.15, -0.1) is 0 Å². The van der Waals surface area contributed by atoms with Crippen molar-refractivity contribution < 1.29 is 5.11 Å². The zero-order chi connectivity index (χ0) is 13.0. The van der Waals surface area contributed by atoms with Gasteiger partial charge in [-0.05, 0) is 43.4 Å². The molecule has 0 saturated carbocycles. The van der Waals surface area contributed by atoms with E-state index in [-0.39, 0.29) is 6.61 Å². The molecule has 1 heterocycles. The standard InChI is InChI=1S/C14H17ClN2O/c15-13-8-12(9-16)3-4-14(13)17-6-1-2-11(10-17)5-7-18/h3-4,8,11,18H,1-2,5-7,10H2. The van der Waals surface area contributed by atoms with Crippen LogP contribution >= 0.6 is 11.6 Å². The molecular formula is C14H17ClN2O. The summed E-state index contributed by atoms with van der Waals surface area (Å²) < 4.78 is 0. The van der Waals surface area contributed by atoms with Crippen LogP contribution in [0.25, 0.3) is 0 Å². The van der Waals surface area contributed by atoms with E-state index in [0.29, 0.717) is 16.5 Å². The molecule has 1 fully saturated rings. The summed E-state index contributed by atoms with van der Waals surface area (Å²) >= 11 is 6.22. The number of nitrogens with zero attached hydrogens (tertiary/aromatic N) is 2. The number of halogens is 1. The number of aliphatic hydroxyl groups is 1. The second kappa shape index (κ2) is 6.08. The highest BCUT2D eigenvalue weighted by Crippen LogP contribution is 2.31. The summed E-state index contributed by atoms with van der Waals surface area (Å²) in [4.78, 5) is 2.26. The van der Waals surface area contributed by atoms with Gasteiger partial charge in [0.2, 0.25) is 0 Å². The van der Waals surface area contributed by atoms with Crippen molar-refractivity contribution in [1.29, 1.82) is 5.26 Å². The van der Waals surface area contributed by atoms with Crippen LogP contribution in [0.3, 0.4) is 0 Å². The number of hydrogen-bond acceptors (Lipinski definition) is 3. The van der Waals surface area contributed by atoms with Gasteiger partial charge in [-0.2, -0.15) is 5.26 Å². The molecule has 0 aliphatic carbocycles. The lowest BCUT2D eigenvalue weighted by atomic mass is 9.94. The van der Waals surface area contributed by atoms with E-state index in [1.807, 2.05) is 6.07 Å². The van der Waals surface area contributed by atoms with Gasteiger partial charge in [0.25, 0.3) is 0 Å². The summed E-state index contributed by atoms with van der Waals surface area (Å²) in [5.41, 5.74) is 1.59. The van der Waals surface area contributed by atoms with Crippen molar-refractivity contribution in [3.8, 4) is 6.07 Å². The van der Waals surface area contributed by atoms with Crippen molar-refractivity contribution >= 4 is 17.3 Å². The van der Waals surface area contributed by atoms with Gasteiger partial charge < -0.3 is 10.0 Å². The van der Waals surface area contributed by atoms with E-state index in [1.54, 1.807) is 12.1 Å².